The molecular formula is C21H21N3O3S. The van der Waals surface area contributed by atoms with Gasteiger partial charge in [-0.1, -0.05) is 12.1 Å². The van der Waals surface area contributed by atoms with Crippen LogP contribution in [-0.4, -0.2) is 14.3 Å². The molecule has 0 aliphatic carbocycles. The topological polar surface area (TPSA) is 87.3 Å². The summed E-state index contributed by atoms with van der Waals surface area (Å²) in [5.74, 6) is -0.215. The molecule has 0 saturated carbocycles. The second-order valence-corrected chi connectivity index (χ2v) is 8.07. The molecule has 3 N–H and O–H groups in total. The lowest BCUT2D eigenvalue weighted by molar-refractivity contribution is -0.114. The standard InChI is InChI=1S/C21H21N3O3S/c1-15-4-3-5-20(14-15)23-18-6-8-19(9-7-18)24-28(26,27)21-12-10-17(11-13-21)22-16(2)25/h3-14,23-24H,1-2H3,(H,22,25). The van der Waals surface area contributed by atoms with Crippen molar-refractivity contribution in [3.63, 3.8) is 0 Å². The summed E-state index contributed by atoms with van der Waals surface area (Å²) < 4.78 is 27.6. The van der Waals surface area contributed by atoms with Crippen molar-refractivity contribution in [1.29, 1.82) is 0 Å². The Labute approximate surface area is 164 Å². The fraction of sp³-hybridized carbons (Fsp3) is 0.0952. The number of anilines is 4. The third kappa shape index (κ3) is 5.11. The number of carbonyl (C=O) groups is 1. The second-order valence-electron chi connectivity index (χ2n) is 6.38. The van der Waals surface area contributed by atoms with Crippen molar-refractivity contribution < 1.29 is 13.2 Å². The largest absolute Gasteiger partial charge is 0.356 e. The maximum atomic E-state index is 12.5. The summed E-state index contributed by atoms with van der Waals surface area (Å²) in [4.78, 5) is 11.2. The van der Waals surface area contributed by atoms with Gasteiger partial charge in [0.25, 0.3) is 10.0 Å². The zero-order chi connectivity index (χ0) is 20.1. The van der Waals surface area contributed by atoms with E-state index in [4.69, 9.17) is 0 Å². The first-order chi connectivity index (χ1) is 13.3. The number of rotatable bonds is 6. The molecule has 0 aromatic heterocycles. The van der Waals surface area contributed by atoms with Crippen LogP contribution < -0.4 is 15.4 Å². The first kappa shape index (κ1) is 19.4. The normalized spacial score (nSPS) is 10.9. The zero-order valence-electron chi connectivity index (χ0n) is 15.6. The fourth-order valence-corrected chi connectivity index (χ4v) is 3.70. The molecule has 1 amide bonds. The van der Waals surface area contributed by atoms with Gasteiger partial charge in [0.2, 0.25) is 5.91 Å². The number of hydrogen-bond donors (Lipinski definition) is 3. The Morgan fingerprint density at radius 3 is 2.00 bits per heavy atom. The van der Waals surface area contributed by atoms with Crippen LogP contribution in [0.25, 0.3) is 0 Å². The van der Waals surface area contributed by atoms with Gasteiger partial charge in [0.1, 0.15) is 0 Å². The molecule has 3 aromatic rings. The van der Waals surface area contributed by atoms with E-state index < -0.39 is 10.0 Å². The molecule has 0 bridgehead atoms. The molecule has 0 aliphatic rings. The minimum Gasteiger partial charge on any atom is -0.356 e. The lowest BCUT2D eigenvalue weighted by atomic mass is 10.2. The molecule has 0 heterocycles. The summed E-state index contributed by atoms with van der Waals surface area (Å²) in [7, 11) is -3.72. The maximum absolute atomic E-state index is 12.5. The summed E-state index contributed by atoms with van der Waals surface area (Å²) in [5.41, 5.74) is 3.97. The molecule has 0 atom stereocenters. The van der Waals surface area contributed by atoms with E-state index in [9.17, 15) is 13.2 Å². The minimum absolute atomic E-state index is 0.114. The predicted octanol–water partition coefficient (Wildman–Crippen LogP) is 4.50. The van der Waals surface area contributed by atoms with Crippen LogP contribution in [0.15, 0.2) is 77.7 Å². The molecule has 144 valence electrons. The average Bonchev–Trinajstić information content (AvgIpc) is 2.63. The van der Waals surface area contributed by atoms with Gasteiger partial charge in [0, 0.05) is 29.7 Å². The summed E-state index contributed by atoms with van der Waals surface area (Å²) >= 11 is 0. The van der Waals surface area contributed by atoms with Crippen LogP contribution in [0.3, 0.4) is 0 Å². The van der Waals surface area contributed by atoms with E-state index in [1.807, 2.05) is 31.2 Å². The molecular weight excluding hydrogens is 374 g/mol. The summed E-state index contributed by atoms with van der Waals surface area (Å²) in [6, 6.07) is 21.0. The molecule has 7 heteroatoms. The van der Waals surface area contributed by atoms with Crippen LogP contribution in [0, 0.1) is 6.92 Å². The minimum atomic E-state index is -3.72. The van der Waals surface area contributed by atoms with Crippen molar-refractivity contribution in [3.8, 4) is 0 Å². The molecule has 3 rings (SSSR count). The highest BCUT2D eigenvalue weighted by atomic mass is 32.2. The van der Waals surface area contributed by atoms with Crippen LogP contribution >= 0.6 is 0 Å². The number of carbonyl (C=O) groups excluding carboxylic acids is 1. The Morgan fingerprint density at radius 1 is 0.786 bits per heavy atom. The van der Waals surface area contributed by atoms with Crippen molar-refractivity contribution in [1.82, 2.24) is 0 Å². The molecule has 0 saturated heterocycles. The number of aryl methyl sites for hydroxylation is 1. The van der Waals surface area contributed by atoms with Gasteiger partial charge in [-0.05, 0) is 73.2 Å². The maximum Gasteiger partial charge on any atom is 0.261 e. The highest BCUT2D eigenvalue weighted by molar-refractivity contribution is 7.92. The molecule has 28 heavy (non-hydrogen) atoms. The molecule has 0 radical (unpaired) electrons. The first-order valence-electron chi connectivity index (χ1n) is 8.66. The van der Waals surface area contributed by atoms with Gasteiger partial charge >= 0.3 is 0 Å². The third-order valence-electron chi connectivity index (χ3n) is 3.93. The number of hydrogen-bond acceptors (Lipinski definition) is 4. The average molecular weight is 395 g/mol. The fourth-order valence-electron chi connectivity index (χ4n) is 2.65. The van der Waals surface area contributed by atoms with Crippen molar-refractivity contribution in [2.24, 2.45) is 0 Å². The van der Waals surface area contributed by atoms with Crippen LogP contribution in [0.1, 0.15) is 12.5 Å². The van der Waals surface area contributed by atoms with Crippen LogP contribution in [-0.2, 0) is 14.8 Å². The quantitative estimate of drug-likeness (QED) is 0.574. The van der Waals surface area contributed by atoms with Gasteiger partial charge in [0.05, 0.1) is 4.90 Å². The van der Waals surface area contributed by atoms with Crippen LogP contribution in [0.5, 0.6) is 0 Å². The van der Waals surface area contributed by atoms with E-state index in [1.54, 1.807) is 36.4 Å². The summed E-state index contributed by atoms with van der Waals surface area (Å²) in [6.07, 6.45) is 0. The lowest BCUT2D eigenvalue weighted by Crippen LogP contribution is -2.13. The monoisotopic (exact) mass is 395 g/mol. The van der Waals surface area contributed by atoms with E-state index in [1.165, 1.54) is 19.1 Å². The number of benzene rings is 3. The van der Waals surface area contributed by atoms with Crippen molar-refractivity contribution >= 4 is 38.7 Å². The molecule has 6 nitrogen and oxygen atoms in total. The highest BCUT2D eigenvalue weighted by Crippen LogP contribution is 2.22. The van der Waals surface area contributed by atoms with Gasteiger partial charge in [-0.25, -0.2) is 8.42 Å². The first-order valence-corrected chi connectivity index (χ1v) is 10.1. The van der Waals surface area contributed by atoms with Crippen molar-refractivity contribution in [2.75, 3.05) is 15.4 Å². The molecule has 0 spiro atoms. The number of amides is 1. The Bertz CT molecular complexity index is 1080. The Hall–Kier alpha value is -3.32. The Kier molecular flexibility index (Phi) is 5.65. The molecule has 0 fully saturated rings. The van der Waals surface area contributed by atoms with Crippen molar-refractivity contribution in [3.05, 3.63) is 78.4 Å². The Balaban J connectivity index is 1.69. The molecule has 0 unspecified atom stereocenters. The number of nitrogens with one attached hydrogen (secondary N) is 3. The van der Waals surface area contributed by atoms with Crippen LogP contribution in [0.2, 0.25) is 0 Å². The van der Waals surface area contributed by atoms with Gasteiger partial charge in [-0.2, -0.15) is 0 Å². The van der Waals surface area contributed by atoms with Crippen LogP contribution in [0.4, 0.5) is 22.7 Å². The molecule has 0 aliphatic heterocycles. The van der Waals surface area contributed by atoms with Crippen molar-refractivity contribution in [2.45, 2.75) is 18.7 Å². The lowest BCUT2D eigenvalue weighted by Gasteiger charge is -2.11. The predicted molar refractivity (Wildman–Crippen MR) is 112 cm³/mol. The Morgan fingerprint density at radius 2 is 1.39 bits per heavy atom. The van der Waals surface area contributed by atoms with E-state index in [0.717, 1.165) is 16.9 Å². The summed E-state index contributed by atoms with van der Waals surface area (Å²) in [5, 5.41) is 5.88. The van der Waals surface area contributed by atoms with Gasteiger partial charge in [0.15, 0.2) is 0 Å². The third-order valence-corrected chi connectivity index (χ3v) is 5.33. The zero-order valence-corrected chi connectivity index (χ0v) is 16.4. The van der Waals surface area contributed by atoms with Gasteiger partial charge in [-0.15, -0.1) is 0 Å². The SMILES string of the molecule is CC(=O)Nc1ccc(S(=O)(=O)Nc2ccc(Nc3cccc(C)c3)cc2)cc1. The van der Waals surface area contributed by atoms with Gasteiger partial charge in [-0.3, -0.25) is 9.52 Å². The van der Waals surface area contributed by atoms with E-state index >= 15 is 0 Å². The highest BCUT2D eigenvalue weighted by Gasteiger charge is 2.14. The van der Waals surface area contributed by atoms with Gasteiger partial charge < -0.3 is 10.6 Å². The van der Waals surface area contributed by atoms with E-state index in [0.29, 0.717) is 11.4 Å². The van der Waals surface area contributed by atoms with E-state index in [-0.39, 0.29) is 10.8 Å². The molecule has 3 aromatic carbocycles. The number of sulfonamides is 1. The van der Waals surface area contributed by atoms with E-state index in [2.05, 4.69) is 15.4 Å². The smallest absolute Gasteiger partial charge is 0.261 e. The second kappa shape index (κ2) is 8.14. The summed E-state index contributed by atoms with van der Waals surface area (Å²) in [6.45, 7) is 3.41.